The number of nitrogens with one attached hydrogen (secondary N) is 1. The van der Waals surface area contributed by atoms with Gasteiger partial charge in [-0.2, -0.15) is 5.10 Å². The highest BCUT2D eigenvalue weighted by molar-refractivity contribution is 6.17. The van der Waals surface area contributed by atoms with Crippen molar-refractivity contribution in [3.8, 4) is 0 Å². The fourth-order valence-electron chi connectivity index (χ4n) is 5.64. The van der Waals surface area contributed by atoms with Crippen LogP contribution >= 0.6 is 0 Å². The molecule has 0 radical (unpaired) electrons. The van der Waals surface area contributed by atoms with E-state index in [4.69, 9.17) is 4.74 Å². The van der Waals surface area contributed by atoms with Crippen molar-refractivity contribution in [1.82, 2.24) is 19.6 Å². The van der Waals surface area contributed by atoms with E-state index in [1.807, 2.05) is 31.2 Å². The van der Waals surface area contributed by atoms with Crippen molar-refractivity contribution in [2.24, 2.45) is 7.05 Å². The minimum atomic E-state index is -0.250. The number of amides is 2. The summed E-state index contributed by atoms with van der Waals surface area (Å²) in [6.07, 6.45) is 5.05. The maximum atomic E-state index is 13.7. The van der Waals surface area contributed by atoms with Gasteiger partial charge in [0.15, 0.2) is 5.69 Å². The third-order valence-corrected chi connectivity index (χ3v) is 7.37. The Morgan fingerprint density at radius 2 is 1.97 bits per heavy atom. The Bertz CT molecular complexity index is 1080. The highest BCUT2D eigenvalue weighted by atomic mass is 16.5. The number of aryl methyl sites for hydroxylation is 2. The quantitative estimate of drug-likeness (QED) is 0.685. The van der Waals surface area contributed by atoms with E-state index < -0.39 is 0 Å². The number of aromatic nitrogens is 2. The Kier molecular flexibility index (Phi) is 7.17. The summed E-state index contributed by atoms with van der Waals surface area (Å²) in [5.74, 6) is -0.271. The number of anilines is 3. The van der Waals surface area contributed by atoms with Crippen molar-refractivity contribution < 1.29 is 14.3 Å². The number of likely N-dealkylation sites (tertiary alicyclic amines) is 1. The maximum Gasteiger partial charge on any atom is 0.276 e. The van der Waals surface area contributed by atoms with Gasteiger partial charge >= 0.3 is 0 Å². The normalized spacial score (nSPS) is 21.3. The molecule has 0 bridgehead atoms. The molecule has 2 aromatic rings. The number of benzene rings is 1. The molecule has 1 aromatic heterocycles. The first-order valence-corrected chi connectivity index (χ1v) is 12.8. The summed E-state index contributed by atoms with van der Waals surface area (Å²) in [5, 5.41) is 7.39. The molecule has 1 atom stereocenters. The number of carbonyl (C=O) groups excluding carboxylic acids is 2. The minimum Gasteiger partial charge on any atom is -0.378 e. The molecule has 3 aliphatic heterocycles. The lowest BCUT2D eigenvalue weighted by molar-refractivity contribution is -0.118. The fourth-order valence-corrected chi connectivity index (χ4v) is 5.64. The summed E-state index contributed by atoms with van der Waals surface area (Å²) in [4.78, 5) is 33.4. The molecular formula is C26H36N6O3. The topological polar surface area (TPSA) is 82.9 Å². The van der Waals surface area contributed by atoms with Crippen LogP contribution in [0.3, 0.4) is 0 Å². The van der Waals surface area contributed by atoms with Crippen molar-refractivity contribution >= 4 is 28.9 Å². The fraction of sp³-hybridized carbons (Fsp3) is 0.577. The molecule has 9 heteroatoms. The zero-order chi connectivity index (χ0) is 24.4. The van der Waals surface area contributed by atoms with Crippen LogP contribution in [0, 0.1) is 6.92 Å². The average molecular weight is 481 g/mol. The first-order valence-electron chi connectivity index (χ1n) is 12.8. The van der Waals surface area contributed by atoms with Crippen LogP contribution in [0.5, 0.6) is 0 Å². The first kappa shape index (κ1) is 24.0. The molecular weight excluding hydrogens is 444 g/mol. The number of carbonyl (C=O) groups is 2. The lowest BCUT2D eigenvalue weighted by Gasteiger charge is -2.39. The van der Waals surface area contributed by atoms with E-state index in [0.717, 1.165) is 39.3 Å². The van der Waals surface area contributed by atoms with Crippen LogP contribution in [0.4, 0.5) is 17.1 Å². The highest BCUT2D eigenvalue weighted by Gasteiger charge is 2.34. The standard InChI is InChI=1S/C26H36N6O3/c1-19-24-25(29(2)28-19)26(34)27-21-9-4-5-10-22(21)32(24)23(33)11-8-14-31-15-16-35-18-20(31)17-30-12-6-3-7-13-30/h4-5,9-10,20H,3,6-8,11-18H2,1-2H3,(H,27,34). The smallest absolute Gasteiger partial charge is 0.276 e. The predicted molar refractivity (Wildman–Crippen MR) is 135 cm³/mol. The first-order chi connectivity index (χ1) is 17.0. The third-order valence-electron chi connectivity index (χ3n) is 7.37. The van der Waals surface area contributed by atoms with E-state index in [2.05, 4.69) is 20.2 Å². The molecule has 9 nitrogen and oxygen atoms in total. The van der Waals surface area contributed by atoms with Gasteiger partial charge in [-0.15, -0.1) is 0 Å². The number of rotatable bonds is 6. The number of fused-ring (bicyclic) bond motifs is 2. The van der Waals surface area contributed by atoms with Gasteiger partial charge in [0.1, 0.15) is 5.69 Å². The molecule has 1 unspecified atom stereocenters. The zero-order valence-electron chi connectivity index (χ0n) is 20.8. The van der Waals surface area contributed by atoms with Gasteiger partial charge < -0.3 is 15.0 Å². The van der Waals surface area contributed by atoms with Gasteiger partial charge in [-0.05, 0) is 58.0 Å². The predicted octanol–water partition coefficient (Wildman–Crippen LogP) is 2.93. The van der Waals surface area contributed by atoms with Crippen LogP contribution < -0.4 is 10.2 Å². The molecule has 0 aliphatic carbocycles. The molecule has 0 spiro atoms. The minimum absolute atomic E-state index is 0.0212. The van der Waals surface area contributed by atoms with Crippen molar-refractivity contribution in [2.75, 3.05) is 56.2 Å². The van der Waals surface area contributed by atoms with Crippen molar-refractivity contribution in [3.63, 3.8) is 0 Å². The number of hydrogen-bond acceptors (Lipinski definition) is 6. The van der Waals surface area contributed by atoms with E-state index >= 15 is 0 Å². The second kappa shape index (κ2) is 10.5. The lowest BCUT2D eigenvalue weighted by Crippen LogP contribution is -2.52. The Morgan fingerprint density at radius 1 is 1.17 bits per heavy atom. The molecule has 1 aromatic carbocycles. The van der Waals surface area contributed by atoms with Crippen LogP contribution in [0.1, 0.15) is 48.3 Å². The molecule has 188 valence electrons. The summed E-state index contributed by atoms with van der Waals surface area (Å²) < 4.78 is 7.36. The SMILES string of the molecule is Cc1nn(C)c2c1N(C(=O)CCCN1CCOCC1CN1CCCCC1)c1ccccc1NC2=O. The third kappa shape index (κ3) is 4.98. The molecule has 35 heavy (non-hydrogen) atoms. The van der Waals surface area contributed by atoms with Gasteiger partial charge in [0.05, 0.1) is 30.3 Å². The van der Waals surface area contributed by atoms with E-state index in [9.17, 15) is 9.59 Å². The van der Waals surface area contributed by atoms with Gasteiger partial charge in [0.2, 0.25) is 5.91 Å². The average Bonchev–Trinajstić information content (AvgIpc) is 3.07. The van der Waals surface area contributed by atoms with Crippen LogP contribution in [0.2, 0.25) is 0 Å². The number of hydrogen-bond donors (Lipinski definition) is 1. The summed E-state index contributed by atoms with van der Waals surface area (Å²) in [7, 11) is 1.74. The highest BCUT2D eigenvalue weighted by Crippen LogP contribution is 2.39. The molecule has 5 rings (SSSR count). The van der Waals surface area contributed by atoms with Crippen LogP contribution in [0.15, 0.2) is 24.3 Å². The van der Waals surface area contributed by atoms with Gasteiger partial charge in [0, 0.05) is 32.6 Å². The van der Waals surface area contributed by atoms with Gasteiger partial charge in [0.25, 0.3) is 5.91 Å². The van der Waals surface area contributed by atoms with Crippen molar-refractivity contribution in [2.45, 2.75) is 45.1 Å². The van der Waals surface area contributed by atoms with Gasteiger partial charge in [-0.3, -0.25) is 24.1 Å². The van der Waals surface area contributed by atoms with Crippen LogP contribution in [0.25, 0.3) is 0 Å². The van der Waals surface area contributed by atoms with Crippen molar-refractivity contribution in [3.05, 3.63) is 35.7 Å². The number of morpholine rings is 1. The summed E-state index contributed by atoms with van der Waals surface area (Å²) in [6, 6.07) is 7.85. The monoisotopic (exact) mass is 480 g/mol. The van der Waals surface area contributed by atoms with Gasteiger partial charge in [-0.25, -0.2) is 0 Å². The summed E-state index contributed by atoms with van der Waals surface area (Å²) in [5.41, 5.74) is 2.97. The van der Waals surface area contributed by atoms with Crippen molar-refractivity contribution in [1.29, 1.82) is 0 Å². The molecule has 2 fully saturated rings. The number of ether oxygens (including phenoxy) is 1. The Labute approximate surface area is 207 Å². The van der Waals surface area contributed by atoms with E-state index in [1.165, 1.54) is 32.4 Å². The second-order valence-electron chi connectivity index (χ2n) is 9.84. The van der Waals surface area contributed by atoms with E-state index in [-0.39, 0.29) is 11.8 Å². The maximum absolute atomic E-state index is 13.7. The Morgan fingerprint density at radius 3 is 2.80 bits per heavy atom. The van der Waals surface area contributed by atoms with E-state index in [1.54, 1.807) is 16.6 Å². The number of piperidine rings is 1. The van der Waals surface area contributed by atoms with Crippen LogP contribution in [-0.2, 0) is 16.6 Å². The molecule has 4 heterocycles. The number of nitrogens with zero attached hydrogens (tertiary/aromatic N) is 5. The van der Waals surface area contributed by atoms with Crippen LogP contribution in [-0.4, -0.2) is 83.4 Å². The molecule has 0 saturated carbocycles. The Balaban J connectivity index is 1.30. The lowest BCUT2D eigenvalue weighted by atomic mass is 10.1. The molecule has 2 saturated heterocycles. The van der Waals surface area contributed by atoms with Gasteiger partial charge in [-0.1, -0.05) is 18.6 Å². The Hall–Kier alpha value is -2.75. The molecule has 2 amide bonds. The summed E-state index contributed by atoms with van der Waals surface area (Å²) in [6.45, 7) is 8.51. The molecule has 3 aliphatic rings. The number of para-hydroxylation sites is 2. The summed E-state index contributed by atoms with van der Waals surface area (Å²) >= 11 is 0. The molecule has 1 N–H and O–H groups in total. The largest absolute Gasteiger partial charge is 0.378 e. The van der Waals surface area contributed by atoms with E-state index in [0.29, 0.717) is 40.9 Å². The second-order valence-corrected chi connectivity index (χ2v) is 9.84. The zero-order valence-corrected chi connectivity index (χ0v) is 20.8.